The number of para-hydroxylation sites is 1. The van der Waals surface area contributed by atoms with Crippen LogP contribution in [0.4, 0.5) is 0 Å². The number of hydrogen-bond donors (Lipinski definition) is 0. The lowest BCUT2D eigenvalue weighted by atomic mass is 9.73. The predicted octanol–water partition coefficient (Wildman–Crippen LogP) is 3.09. The summed E-state index contributed by atoms with van der Waals surface area (Å²) in [5.41, 5.74) is 0.477. The molecule has 0 radical (unpaired) electrons. The van der Waals surface area contributed by atoms with Crippen molar-refractivity contribution in [2.75, 3.05) is 14.2 Å². The third kappa shape index (κ3) is 3.09. The highest BCUT2D eigenvalue weighted by Gasteiger charge is 2.56. The standard InChI is InChI=1S/C20H20O5/c1-23-16-11-7-6-10-15(16)12-20(19(22)24-2)13-17(21)25-18(20)14-8-4-3-5-9-14/h3-11,18H,12-13H2,1-2H3. The molecule has 0 spiro atoms. The number of methoxy groups -OCH3 is 2. The van der Waals surface area contributed by atoms with Gasteiger partial charge in [0, 0.05) is 0 Å². The predicted molar refractivity (Wildman–Crippen MR) is 91.0 cm³/mol. The van der Waals surface area contributed by atoms with E-state index < -0.39 is 23.5 Å². The molecule has 1 heterocycles. The van der Waals surface area contributed by atoms with E-state index >= 15 is 0 Å². The van der Waals surface area contributed by atoms with Crippen molar-refractivity contribution in [2.24, 2.45) is 5.41 Å². The van der Waals surface area contributed by atoms with Gasteiger partial charge in [-0.05, 0) is 23.6 Å². The fourth-order valence-corrected chi connectivity index (χ4v) is 3.45. The molecule has 2 aromatic carbocycles. The lowest BCUT2D eigenvalue weighted by Gasteiger charge is -2.30. The molecule has 0 saturated carbocycles. The molecule has 0 aromatic heterocycles. The molecule has 1 aliphatic heterocycles. The van der Waals surface area contributed by atoms with Crippen LogP contribution < -0.4 is 4.74 Å². The van der Waals surface area contributed by atoms with Gasteiger partial charge >= 0.3 is 11.9 Å². The van der Waals surface area contributed by atoms with Crippen LogP contribution in [0.2, 0.25) is 0 Å². The number of cyclic esters (lactones) is 1. The molecular formula is C20H20O5. The highest BCUT2D eigenvalue weighted by atomic mass is 16.6. The Bertz CT molecular complexity index is 771. The molecule has 2 unspecified atom stereocenters. The summed E-state index contributed by atoms with van der Waals surface area (Å²) in [6, 6.07) is 16.7. The summed E-state index contributed by atoms with van der Waals surface area (Å²) in [5.74, 6) is -0.204. The van der Waals surface area contributed by atoms with Crippen LogP contribution in [0.25, 0.3) is 0 Å². The number of carbonyl (C=O) groups excluding carboxylic acids is 2. The van der Waals surface area contributed by atoms with Gasteiger partial charge in [-0.3, -0.25) is 9.59 Å². The maximum absolute atomic E-state index is 12.8. The molecule has 0 N–H and O–H groups in total. The molecule has 1 fully saturated rings. The highest BCUT2D eigenvalue weighted by molar-refractivity contribution is 5.88. The quantitative estimate of drug-likeness (QED) is 0.783. The van der Waals surface area contributed by atoms with Crippen molar-refractivity contribution in [3.05, 3.63) is 65.7 Å². The van der Waals surface area contributed by atoms with E-state index in [1.807, 2.05) is 54.6 Å². The molecule has 1 saturated heterocycles. The zero-order valence-corrected chi connectivity index (χ0v) is 14.2. The minimum atomic E-state index is -1.12. The van der Waals surface area contributed by atoms with Gasteiger partial charge in [0.25, 0.3) is 0 Å². The van der Waals surface area contributed by atoms with Crippen LogP contribution in [0.3, 0.4) is 0 Å². The van der Waals surface area contributed by atoms with Gasteiger partial charge in [0.1, 0.15) is 17.3 Å². The van der Waals surface area contributed by atoms with Crippen molar-refractivity contribution in [1.82, 2.24) is 0 Å². The Hall–Kier alpha value is -2.82. The molecular weight excluding hydrogens is 320 g/mol. The average Bonchev–Trinajstić information content (AvgIpc) is 2.99. The fourth-order valence-electron chi connectivity index (χ4n) is 3.45. The van der Waals surface area contributed by atoms with Crippen molar-refractivity contribution >= 4 is 11.9 Å². The molecule has 3 rings (SSSR count). The second-order valence-corrected chi connectivity index (χ2v) is 6.09. The third-order valence-electron chi connectivity index (χ3n) is 4.60. The minimum Gasteiger partial charge on any atom is -0.496 e. The Morgan fingerprint density at radius 1 is 1.12 bits per heavy atom. The molecule has 0 bridgehead atoms. The second kappa shape index (κ2) is 6.97. The van der Waals surface area contributed by atoms with E-state index in [2.05, 4.69) is 0 Å². The van der Waals surface area contributed by atoms with Crippen molar-refractivity contribution in [2.45, 2.75) is 18.9 Å². The summed E-state index contributed by atoms with van der Waals surface area (Å²) < 4.78 is 16.0. The molecule has 5 heteroatoms. The van der Waals surface area contributed by atoms with Gasteiger partial charge in [0.2, 0.25) is 0 Å². The SMILES string of the molecule is COC(=O)C1(Cc2ccccc2OC)CC(=O)OC1c1ccccc1. The van der Waals surface area contributed by atoms with Gasteiger partial charge < -0.3 is 14.2 Å². The number of esters is 2. The zero-order chi connectivity index (χ0) is 17.9. The van der Waals surface area contributed by atoms with Gasteiger partial charge in [0.05, 0.1) is 20.6 Å². The van der Waals surface area contributed by atoms with Crippen LogP contribution in [-0.4, -0.2) is 26.2 Å². The number of benzene rings is 2. The van der Waals surface area contributed by atoms with Gasteiger partial charge in [-0.1, -0.05) is 48.5 Å². The molecule has 0 amide bonds. The molecule has 2 aromatic rings. The third-order valence-corrected chi connectivity index (χ3v) is 4.60. The van der Waals surface area contributed by atoms with Gasteiger partial charge in [-0.15, -0.1) is 0 Å². The topological polar surface area (TPSA) is 61.8 Å². The molecule has 130 valence electrons. The second-order valence-electron chi connectivity index (χ2n) is 6.09. The first-order chi connectivity index (χ1) is 12.1. The zero-order valence-electron chi connectivity index (χ0n) is 14.2. The maximum atomic E-state index is 12.8. The fraction of sp³-hybridized carbons (Fsp3) is 0.300. The Morgan fingerprint density at radius 2 is 1.80 bits per heavy atom. The summed E-state index contributed by atoms with van der Waals surface area (Å²) in [4.78, 5) is 24.9. The monoisotopic (exact) mass is 340 g/mol. The van der Waals surface area contributed by atoms with E-state index in [1.54, 1.807) is 7.11 Å². The van der Waals surface area contributed by atoms with Crippen molar-refractivity contribution < 1.29 is 23.8 Å². The van der Waals surface area contributed by atoms with Crippen LogP contribution in [0.5, 0.6) is 5.75 Å². The average molecular weight is 340 g/mol. The Kier molecular flexibility index (Phi) is 4.74. The van der Waals surface area contributed by atoms with E-state index in [1.165, 1.54) is 7.11 Å². The lowest BCUT2D eigenvalue weighted by molar-refractivity contribution is -0.157. The highest BCUT2D eigenvalue weighted by Crippen LogP contribution is 2.49. The van der Waals surface area contributed by atoms with Crippen LogP contribution >= 0.6 is 0 Å². The number of rotatable bonds is 5. The summed E-state index contributed by atoms with van der Waals surface area (Å²) >= 11 is 0. The van der Waals surface area contributed by atoms with Gasteiger partial charge in [0.15, 0.2) is 0 Å². The Labute approximate surface area is 146 Å². The van der Waals surface area contributed by atoms with E-state index in [0.29, 0.717) is 5.75 Å². The Morgan fingerprint density at radius 3 is 2.48 bits per heavy atom. The molecule has 2 atom stereocenters. The number of ether oxygens (including phenoxy) is 3. The number of hydrogen-bond acceptors (Lipinski definition) is 5. The van der Waals surface area contributed by atoms with Crippen molar-refractivity contribution in [1.29, 1.82) is 0 Å². The van der Waals surface area contributed by atoms with Crippen LogP contribution in [-0.2, 0) is 25.5 Å². The van der Waals surface area contributed by atoms with Crippen molar-refractivity contribution in [3.8, 4) is 5.75 Å². The lowest BCUT2D eigenvalue weighted by Crippen LogP contribution is -2.37. The first-order valence-electron chi connectivity index (χ1n) is 8.05. The maximum Gasteiger partial charge on any atom is 0.316 e. The summed E-state index contributed by atoms with van der Waals surface area (Å²) in [5, 5.41) is 0. The molecule has 25 heavy (non-hydrogen) atoms. The van der Waals surface area contributed by atoms with Crippen LogP contribution in [0.1, 0.15) is 23.7 Å². The smallest absolute Gasteiger partial charge is 0.316 e. The molecule has 5 nitrogen and oxygen atoms in total. The molecule has 0 aliphatic carbocycles. The number of carbonyl (C=O) groups is 2. The summed E-state index contributed by atoms with van der Waals surface area (Å²) in [7, 11) is 2.91. The molecule has 1 aliphatic rings. The first kappa shape index (κ1) is 17.0. The van der Waals surface area contributed by atoms with E-state index in [9.17, 15) is 9.59 Å². The minimum absolute atomic E-state index is 0.0305. The van der Waals surface area contributed by atoms with Crippen LogP contribution in [0.15, 0.2) is 54.6 Å². The van der Waals surface area contributed by atoms with Gasteiger partial charge in [-0.25, -0.2) is 0 Å². The first-order valence-corrected chi connectivity index (χ1v) is 8.05. The van der Waals surface area contributed by atoms with Crippen molar-refractivity contribution in [3.63, 3.8) is 0 Å². The largest absolute Gasteiger partial charge is 0.496 e. The Balaban J connectivity index is 2.08. The van der Waals surface area contributed by atoms with Gasteiger partial charge in [-0.2, -0.15) is 0 Å². The summed E-state index contributed by atoms with van der Waals surface area (Å²) in [6.45, 7) is 0. The van der Waals surface area contributed by atoms with E-state index in [-0.39, 0.29) is 12.8 Å². The normalized spacial score (nSPS) is 22.3. The van der Waals surface area contributed by atoms with Crippen LogP contribution in [0, 0.1) is 5.41 Å². The van der Waals surface area contributed by atoms with E-state index in [4.69, 9.17) is 14.2 Å². The van der Waals surface area contributed by atoms with E-state index in [0.717, 1.165) is 11.1 Å². The summed E-state index contributed by atoms with van der Waals surface area (Å²) in [6.07, 6.45) is -0.440.